The van der Waals surface area contributed by atoms with Crippen molar-refractivity contribution in [3.63, 3.8) is 0 Å². The second kappa shape index (κ2) is 4.43. The van der Waals surface area contributed by atoms with Crippen LogP contribution in [0.25, 0.3) is 0 Å². The minimum atomic E-state index is -0.384. The highest BCUT2D eigenvalue weighted by Gasteiger charge is 2.21. The standard InChI is InChI=1S/C12H18N2O/c1-5-9-6-7-10(13-8-9)14-11(15)12(2,3)4/h6-8H,5H2,1-4H3,(H,13,14,15). The third-order valence-corrected chi connectivity index (χ3v) is 2.16. The van der Waals surface area contributed by atoms with Crippen LogP contribution < -0.4 is 5.32 Å². The van der Waals surface area contributed by atoms with Gasteiger partial charge in [-0.15, -0.1) is 0 Å². The lowest BCUT2D eigenvalue weighted by Crippen LogP contribution is -2.27. The number of anilines is 1. The maximum atomic E-state index is 11.6. The number of carbonyl (C=O) groups excluding carboxylic acids is 1. The second-order valence-electron chi connectivity index (χ2n) is 4.61. The zero-order valence-corrected chi connectivity index (χ0v) is 9.79. The summed E-state index contributed by atoms with van der Waals surface area (Å²) in [6.07, 6.45) is 2.75. The van der Waals surface area contributed by atoms with Crippen LogP contribution in [0.15, 0.2) is 18.3 Å². The largest absolute Gasteiger partial charge is 0.310 e. The summed E-state index contributed by atoms with van der Waals surface area (Å²) in [6, 6.07) is 3.81. The van der Waals surface area contributed by atoms with Gasteiger partial charge in [-0.25, -0.2) is 4.98 Å². The third-order valence-electron chi connectivity index (χ3n) is 2.16. The first kappa shape index (κ1) is 11.7. The number of nitrogens with zero attached hydrogens (tertiary/aromatic N) is 1. The normalized spacial score (nSPS) is 11.2. The molecule has 0 aliphatic rings. The molecule has 0 aliphatic heterocycles. The summed E-state index contributed by atoms with van der Waals surface area (Å²) in [7, 11) is 0. The highest BCUT2D eigenvalue weighted by molar-refractivity contribution is 5.93. The molecule has 3 heteroatoms. The third kappa shape index (κ3) is 3.35. The Hall–Kier alpha value is -1.38. The van der Waals surface area contributed by atoms with Crippen molar-refractivity contribution in [2.45, 2.75) is 34.1 Å². The summed E-state index contributed by atoms with van der Waals surface area (Å²) < 4.78 is 0. The van der Waals surface area contributed by atoms with Gasteiger partial charge >= 0.3 is 0 Å². The quantitative estimate of drug-likeness (QED) is 0.808. The van der Waals surface area contributed by atoms with E-state index < -0.39 is 0 Å². The number of carbonyl (C=O) groups is 1. The van der Waals surface area contributed by atoms with E-state index in [1.165, 1.54) is 5.56 Å². The van der Waals surface area contributed by atoms with Crippen LogP contribution >= 0.6 is 0 Å². The average molecular weight is 206 g/mol. The van der Waals surface area contributed by atoms with E-state index in [1.807, 2.05) is 32.9 Å². The van der Waals surface area contributed by atoms with Crippen molar-refractivity contribution in [1.29, 1.82) is 0 Å². The molecule has 0 unspecified atom stereocenters. The molecule has 82 valence electrons. The molecule has 1 aromatic rings. The smallest absolute Gasteiger partial charge is 0.230 e. The summed E-state index contributed by atoms with van der Waals surface area (Å²) >= 11 is 0. The van der Waals surface area contributed by atoms with Gasteiger partial charge in [0.05, 0.1) is 0 Å². The van der Waals surface area contributed by atoms with Crippen LogP contribution in [0, 0.1) is 5.41 Å². The van der Waals surface area contributed by atoms with Crippen LogP contribution in [0.5, 0.6) is 0 Å². The van der Waals surface area contributed by atoms with Crippen molar-refractivity contribution >= 4 is 11.7 Å². The number of nitrogens with one attached hydrogen (secondary N) is 1. The molecule has 1 aromatic heterocycles. The molecule has 0 fully saturated rings. The van der Waals surface area contributed by atoms with Crippen LogP contribution in [-0.2, 0) is 11.2 Å². The van der Waals surface area contributed by atoms with Gasteiger partial charge < -0.3 is 5.32 Å². The van der Waals surface area contributed by atoms with E-state index in [-0.39, 0.29) is 11.3 Å². The van der Waals surface area contributed by atoms with Gasteiger partial charge in [-0.05, 0) is 18.1 Å². The fourth-order valence-electron chi connectivity index (χ4n) is 1.01. The lowest BCUT2D eigenvalue weighted by atomic mass is 9.96. The van der Waals surface area contributed by atoms with Gasteiger partial charge in [0.15, 0.2) is 0 Å². The van der Waals surface area contributed by atoms with Crippen molar-refractivity contribution in [2.75, 3.05) is 5.32 Å². The summed E-state index contributed by atoms with van der Waals surface area (Å²) in [5.74, 6) is 0.603. The predicted octanol–water partition coefficient (Wildman–Crippen LogP) is 2.63. The molecular weight excluding hydrogens is 188 g/mol. The molecule has 0 spiro atoms. The molecule has 0 atom stereocenters. The van der Waals surface area contributed by atoms with Gasteiger partial charge in [0.2, 0.25) is 5.91 Å². The fourth-order valence-corrected chi connectivity index (χ4v) is 1.01. The Morgan fingerprint density at radius 3 is 2.47 bits per heavy atom. The van der Waals surface area contributed by atoms with Crippen LogP contribution in [0.2, 0.25) is 0 Å². The van der Waals surface area contributed by atoms with Gasteiger partial charge in [-0.3, -0.25) is 4.79 Å². The van der Waals surface area contributed by atoms with E-state index in [0.29, 0.717) is 5.82 Å². The van der Waals surface area contributed by atoms with Crippen molar-refractivity contribution in [2.24, 2.45) is 5.41 Å². The van der Waals surface area contributed by atoms with Crippen LogP contribution in [0.1, 0.15) is 33.3 Å². The Morgan fingerprint density at radius 2 is 2.07 bits per heavy atom. The van der Waals surface area contributed by atoms with E-state index in [9.17, 15) is 4.79 Å². The number of aryl methyl sites for hydroxylation is 1. The maximum absolute atomic E-state index is 11.6. The molecule has 3 nitrogen and oxygen atoms in total. The molecular formula is C12H18N2O. The van der Waals surface area contributed by atoms with E-state index >= 15 is 0 Å². The first-order chi connectivity index (χ1) is 6.93. The Bertz CT molecular complexity index is 336. The number of hydrogen-bond donors (Lipinski definition) is 1. The second-order valence-corrected chi connectivity index (χ2v) is 4.61. The lowest BCUT2D eigenvalue weighted by Gasteiger charge is -2.17. The van der Waals surface area contributed by atoms with Crippen molar-refractivity contribution < 1.29 is 4.79 Å². The summed E-state index contributed by atoms with van der Waals surface area (Å²) in [5, 5.41) is 2.78. The summed E-state index contributed by atoms with van der Waals surface area (Å²) in [4.78, 5) is 15.8. The zero-order valence-electron chi connectivity index (χ0n) is 9.79. The van der Waals surface area contributed by atoms with Gasteiger partial charge in [-0.2, -0.15) is 0 Å². The Kier molecular flexibility index (Phi) is 3.45. The molecule has 1 amide bonds. The van der Waals surface area contributed by atoms with Gasteiger partial charge in [0.25, 0.3) is 0 Å². The van der Waals surface area contributed by atoms with Crippen molar-refractivity contribution in [3.05, 3.63) is 23.9 Å². The highest BCUT2D eigenvalue weighted by Crippen LogP contribution is 2.16. The molecule has 0 aromatic carbocycles. The monoisotopic (exact) mass is 206 g/mol. The molecule has 1 N–H and O–H groups in total. The van der Waals surface area contributed by atoms with E-state index in [2.05, 4.69) is 17.2 Å². The Balaban J connectivity index is 2.70. The number of aromatic nitrogens is 1. The minimum Gasteiger partial charge on any atom is -0.310 e. The topological polar surface area (TPSA) is 42.0 Å². The number of amides is 1. The van der Waals surface area contributed by atoms with Crippen LogP contribution in [0.3, 0.4) is 0 Å². The molecule has 0 radical (unpaired) electrons. The van der Waals surface area contributed by atoms with E-state index in [1.54, 1.807) is 6.20 Å². The number of pyridine rings is 1. The van der Waals surface area contributed by atoms with Gasteiger partial charge in [0, 0.05) is 11.6 Å². The molecule has 0 aliphatic carbocycles. The van der Waals surface area contributed by atoms with Gasteiger partial charge in [0.1, 0.15) is 5.82 Å². The first-order valence-corrected chi connectivity index (χ1v) is 5.20. The number of hydrogen-bond acceptors (Lipinski definition) is 2. The van der Waals surface area contributed by atoms with Gasteiger partial charge in [-0.1, -0.05) is 33.8 Å². The average Bonchev–Trinajstić information content (AvgIpc) is 2.17. The first-order valence-electron chi connectivity index (χ1n) is 5.20. The molecule has 1 heterocycles. The summed E-state index contributed by atoms with van der Waals surface area (Å²) in [6.45, 7) is 7.71. The number of rotatable bonds is 2. The molecule has 0 bridgehead atoms. The maximum Gasteiger partial charge on any atom is 0.230 e. The molecule has 0 saturated carbocycles. The molecule has 1 rings (SSSR count). The fraction of sp³-hybridized carbons (Fsp3) is 0.500. The molecule has 15 heavy (non-hydrogen) atoms. The zero-order chi connectivity index (χ0) is 11.5. The van der Waals surface area contributed by atoms with Crippen molar-refractivity contribution in [3.8, 4) is 0 Å². The van der Waals surface area contributed by atoms with Crippen LogP contribution in [0.4, 0.5) is 5.82 Å². The lowest BCUT2D eigenvalue weighted by molar-refractivity contribution is -0.123. The van der Waals surface area contributed by atoms with E-state index in [0.717, 1.165) is 6.42 Å². The minimum absolute atomic E-state index is 0.0146. The van der Waals surface area contributed by atoms with E-state index in [4.69, 9.17) is 0 Å². The van der Waals surface area contributed by atoms with Crippen molar-refractivity contribution in [1.82, 2.24) is 4.98 Å². The SMILES string of the molecule is CCc1ccc(NC(=O)C(C)(C)C)nc1. The molecule has 0 saturated heterocycles. The Morgan fingerprint density at radius 1 is 1.40 bits per heavy atom. The Labute approximate surface area is 90.9 Å². The summed E-state index contributed by atoms with van der Waals surface area (Å²) in [5.41, 5.74) is 0.786. The highest BCUT2D eigenvalue weighted by atomic mass is 16.2. The predicted molar refractivity (Wildman–Crippen MR) is 61.7 cm³/mol. The van der Waals surface area contributed by atoms with Crippen LogP contribution in [-0.4, -0.2) is 10.9 Å².